The number of anilines is 2. The number of allylic oxidation sites excluding steroid dienone is 1. The molecule has 1 saturated heterocycles. The van der Waals surface area contributed by atoms with Crippen molar-refractivity contribution in [3.63, 3.8) is 0 Å². The molecule has 0 spiro atoms. The highest BCUT2D eigenvalue weighted by Gasteiger charge is 2.40. The van der Waals surface area contributed by atoms with Gasteiger partial charge in [0.1, 0.15) is 16.2 Å². The van der Waals surface area contributed by atoms with Gasteiger partial charge in [-0.25, -0.2) is 18.8 Å². The number of alkyl halides is 5. The number of nitrogens with one attached hydrogen (secondary N) is 4. The number of hydrogen-bond acceptors (Lipinski definition) is 9. The number of likely N-dealkylation sites (N-methyl/N-ethyl adjacent to an activating group) is 1. The number of hydrogen-bond donors (Lipinski definition) is 4. The number of rotatable bonds is 7. The topological polar surface area (TPSA) is 115 Å². The molecule has 4 N–H and O–H groups in total. The Bertz CT molecular complexity index is 1630. The van der Waals surface area contributed by atoms with Crippen LogP contribution in [0.4, 0.5) is 33.6 Å². The average Bonchev–Trinajstić information content (AvgIpc) is 3.46. The van der Waals surface area contributed by atoms with Crippen LogP contribution in [0.1, 0.15) is 17.5 Å². The summed E-state index contributed by atoms with van der Waals surface area (Å²) in [6, 6.07) is 3.61. The van der Waals surface area contributed by atoms with E-state index in [2.05, 4.69) is 30.9 Å². The van der Waals surface area contributed by atoms with Gasteiger partial charge >= 0.3 is 6.18 Å². The van der Waals surface area contributed by atoms with Crippen molar-refractivity contribution in [1.29, 1.82) is 5.41 Å². The van der Waals surface area contributed by atoms with Crippen LogP contribution >= 0.6 is 11.6 Å². The fourth-order valence-electron chi connectivity index (χ4n) is 4.68. The molecule has 4 heterocycles. The zero-order valence-electron chi connectivity index (χ0n) is 22.3. The normalized spacial score (nSPS) is 18.0. The lowest BCUT2D eigenvalue weighted by Crippen LogP contribution is -2.31. The van der Waals surface area contributed by atoms with E-state index in [0.29, 0.717) is 17.0 Å². The molecule has 42 heavy (non-hydrogen) atoms. The van der Waals surface area contributed by atoms with E-state index < -0.39 is 24.2 Å². The number of fused-ring (bicyclic) bond motifs is 1. The van der Waals surface area contributed by atoms with Gasteiger partial charge in [-0.15, -0.1) is 0 Å². The third-order valence-corrected chi connectivity index (χ3v) is 7.06. The van der Waals surface area contributed by atoms with Gasteiger partial charge in [-0.1, -0.05) is 17.7 Å². The molecule has 0 saturated carbocycles. The van der Waals surface area contributed by atoms with Crippen molar-refractivity contribution in [2.24, 2.45) is 12.0 Å². The van der Waals surface area contributed by atoms with Crippen molar-refractivity contribution in [3.8, 4) is 5.75 Å². The Morgan fingerprint density at radius 2 is 2.10 bits per heavy atom. The van der Waals surface area contributed by atoms with E-state index in [4.69, 9.17) is 21.7 Å². The molecule has 16 heteroatoms. The van der Waals surface area contributed by atoms with Gasteiger partial charge in [0.25, 0.3) is 5.92 Å². The van der Waals surface area contributed by atoms with E-state index in [1.807, 2.05) is 0 Å². The minimum atomic E-state index is -4.71. The highest BCUT2D eigenvalue weighted by Crippen LogP contribution is 2.38. The highest BCUT2D eigenvalue weighted by molar-refractivity contribution is 6.36. The van der Waals surface area contributed by atoms with Crippen molar-refractivity contribution in [3.05, 3.63) is 64.4 Å². The summed E-state index contributed by atoms with van der Waals surface area (Å²) in [5.41, 5.74) is -0.0484. The number of likely N-dealkylation sites (tertiary alicyclic amines) is 1. The van der Waals surface area contributed by atoms with Crippen molar-refractivity contribution in [2.75, 3.05) is 25.5 Å². The third-order valence-electron chi connectivity index (χ3n) is 6.70. The second kappa shape index (κ2) is 11.2. The maximum absolute atomic E-state index is 14.0. The lowest BCUT2D eigenvalue weighted by Gasteiger charge is -2.20. The van der Waals surface area contributed by atoms with Crippen molar-refractivity contribution >= 4 is 46.5 Å². The van der Waals surface area contributed by atoms with E-state index in [1.54, 1.807) is 20.3 Å². The number of pyridine rings is 1. The SMILES string of the molecule is CNC1=NC=CN/C1=C(\C=N)Oc1cnc2nc(Nc3ccc(CN4CCC(F)(F)C4)c(C(F)(F)F)c3)n(C)c2c1Cl. The van der Waals surface area contributed by atoms with Crippen LogP contribution in [-0.4, -0.2) is 57.5 Å². The first-order valence-corrected chi connectivity index (χ1v) is 13.0. The maximum Gasteiger partial charge on any atom is 0.416 e. The lowest BCUT2D eigenvalue weighted by molar-refractivity contribution is -0.138. The summed E-state index contributed by atoms with van der Waals surface area (Å²) in [5.74, 6) is -2.14. The second-order valence-electron chi connectivity index (χ2n) is 9.59. The van der Waals surface area contributed by atoms with Gasteiger partial charge in [0.05, 0.1) is 24.5 Å². The number of aromatic nitrogens is 3. The highest BCUT2D eigenvalue weighted by atomic mass is 35.5. The van der Waals surface area contributed by atoms with Crippen LogP contribution in [0.5, 0.6) is 5.75 Å². The van der Waals surface area contributed by atoms with Crippen LogP contribution in [0, 0.1) is 5.41 Å². The molecule has 2 aliphatic rings. The van der Waals surface area contributed by atoms with Crippen LogP contribution in [0.15, 0.2) is 53.2 Å². The lowest BCUT2D eigenvalue weighted by atomic mass is 10.1. The van der Waals surface area contributed by atoms with Gasteiger partial charge in [0.15, 0.2) is 23.0 Å². The number of ether oxygens (including phenoxy) is 1. The second-order valence-corrected chi connectivity index (χ2v) is 9.97. The number of aryl methyl sites for hydroxylation is 1. The Hall–Kier alpha value is -4.24. The fourth-order valence-corrected chi connectivity index (χ4v) is 4.98. The van der Waals surface area contributed by atoms with Crippen LogP contribution in [0.25, 0.3) is 11.2 Å². The monoisotopic (exact) mass is 609 g/mol. The van der Waals surface area contributed by atoms with Crippen molar-refractivity contribution in [2.45, 2.75) is 25.1 Å². The van der Waals surface area contributed by atoms with Gasteiger partial charge < -0.3 is 30.7 Å². The Balaban J connectivity index is 1.43. The molecule has 0 unspecified atom stereocenters. The molecule has 0 bridgehead atoms. The third kappa shape index (κ3) is 5.87. The van der Waals surface area contributed by atoms with E-state index >= 15 is 0 Å². The number of halogens is 6. The predicted molar refractivity (Wildman–Crippen MR) is 148 cm³/mol. The molecule has 5 rings (SSSR count). The van der Waals surface area contributed by atoms with Gasteiger partial charge in [-0.3, -0.25) is 4.90 Å². The number of amidine groups is 1. The first-order valence-electron chi connectivity index (χ1n) is 12.6. The summed E-state index contributed by atoms with van der Waals surface area (Å²) in [4.78, 5) is 14.1. The molecule has 0 amide bonds. The summed E-state index contributed by atoms with van der Waals surface area (Å²) in [7, 11) is 3.25. The zero-order chi connectivity index (χ0) is 30.2. The largest absolute Gasteiger partial charge is 0.450 e. The molecule has 0 aliphatic carbocycles. The summed E-state index contributed by atoms with van der Waals surface area (Å²) >= 11 is 6.64. The maximum atomic E-state index is 14.0. The van der Waals surface area contributed by atoms with Gasteiger partial charge in [-0.2, -0.15) is 18.2 Å². The van der Waals surface area contributed by atoms with Crippen molar-refractivity contribution < 1.29 is 26.7 Å². The molecular weight excluding hydrogens is 585 g/mol. The van der Waals surface area contributed by atoms with E-state index in [0.717, 1.165) is 12.3 Å². The summed E-state index contributed by atoms with van der Waals surface area (Å²) in [5, 5.41) is 16.6. The Morgan fingerprint density at radius 1 is 1.31 bits per heavy atom. The zero-order valence-corrected chi connectivity index (χ0v) is 23.0. The number of benzene rings is 1. The van der Waals surface area contributed by atoms with Gasteiger partial charge in [0, 0.05) is 51.7 Å². The number of aliphatic imine (C=N–C) groups is 1. The molecule has 10 nitrogen and oxygen atoms in total. The van der Waals surface area contributed by atoms with Crippen LogP contribution in [-0.2, 0) is 19.8 Å². The molecule has 0 radical (unpaired) electrons. The molecule has 2 aromatic heterocycles. The van der Waals surface area contributed by atoms with E-state index in [9.17, 15) is 22.0 Å². The van der Waals surface area contributed by atoms with Crippen LogP contribution in [0.2, 0.25) is 5.02 Å². The molecule has 2 aliphatic heterocycles. The van der Waals surface area contributed by atoms with E-state index in [1.165, 1.54) is 34.0 Å². The molecule has 1 aromatic carbocycles. The quantitative estimate of drug-likeness (QED) is 0.166. The first kappa shape index (κ1) is 29.3. The Morgan fingerprint density at radius 3 is 2.76 bits per heavy atom. The standard InChI is InChI=1S/C26H25ClF5N9O/c1-34-22-20(35-6-7-36-22)17(10-33)42-18-11-37-23-21(19(18)27)40(2)24(39-23)38-15-4-3-14(16(9-15)26(30,31)32)12-41-8-5-25(28,29)13-41/h3-4,6-7,9-11,33,35H,5,8,12-13H2,1-2H3,(H,34,36)(H,37,38,39)/b20-17+,33-10?. The summed E-state index contributed by atoms with van der Waals surface area (Å²) < 4.78 is 76.4. The smallest absolute Gasteiger partial charge is 0.416 e. The molecule has 0 atom stereocenters. The number of imidazole rings is 1. The van der Waals surface area contributed by atoms with Crippen molar-refractivity contribution in [1.82, 2.24) is 30.1 Å². The van der Waals surface area contributed by atoms with Crippen LogP contribution in [0.3, 0.4) is 0 Å². The minimum absolute atomic E-state index is 0.0137. The Labute approximate surface area is 241 Å². The molecular formula is C26H25ClF5N9O. The minimum Gasteiger partial charge on any atom is -0.450 e. The number of nitrogens with zero attached hydrogens (tertiary/aromatic N) is 5. The van der Waals surface area contributed by atoms with Gasteiger partial charge in [-0.05, 0) is 17.7 Å². The molecule has 222 valence electrons. The summed E-state index contributed by atoms with van der Waals surface area (Å²) in [6.45, 7) is -0.819. The predicted octanol–water partition coefficient (Wildman–Crippen LogP) is 5.16. The Kier molecular flexibility index (Phi) is 7.81. The van der Waals surface area contributed by atoms with Gasteiger partial charge in [0.2, 0.25) is 5.95 Å². The molecule has 3 aromatic rings. The van der Waals surface area contributed by atoms with E-state index in [-0.39, 0.29) is 58.9 Å². The van der Waals surface area contributed by atoms with Crippen LogP contribution < -0.4 is 20.7 Å². The summed E-state index contributed by atoms with van der Waals surface area (Å²) in [6.07, 6.45) is 0.291. The first-order chi connectivity index (χ1) is 19.9. The average molecular weight is 610 g/mol. The fraction of sp³-hybridized carbons (Fsp3) is 0.308. The molecule has 1 fully saturated rings.